The van der Waals surface area contributed by atoms with E-state index < -0.39 is 0 Å². The molecule has 1 aliphatic heterocycles. The molecule has 7 heteroatoms. The maximum Gasteiger partial charge on any atom is 0.272 e. The number of carbonyl (C=O) groups excluding carboxylic acids is 1. The van der Waals surface area contributed by atoms with Crippen LogP contribution in [0, 0.1) is 29.9 Å². The van der Waals surface area contributed by atoms with E-state index in [9.17, 15) is 14.9 Å². The number of nitro benzene ring substituents is 1. The average molecular weight is 439 g/mol. The van der Waals surface area contributed by atoms with Gasteiger partial charge in [0, 0.05) is 62.5 Å². The lowest BCUT2D eigenvalue weighted by molar-refractivity contribution is -0.385. The normalized spacial score (nSPS) is 16.2. The minimum Gasteiger partial charge on any atom is -0.348 e. The highest BCUT2D eigenvalue weighted by Gasteiger charge is 2.24. The standard InChI is InChI=1S/C25H34N4O3/c1-18(2)23(26-25(30)22-8-5-19(3)6-9-22)17-28-13-11-27(12-14-28)16-21-7-10-24(29(31)32)20(4)15-21/h5-10,15,18,23H,11-14,16-17H2,1-4H3,(H,26,30). The summed E-state index contributed by atoms with van der Waals surface area (Å²) in [5.74, 6) is 0.321. The Morgan fingerprint density at radius 1 is 1.03 bits per heavy atom. The summed E-state index contributed by atoms with van der Waals surface area (Å²) < 4.78 is 0. The lowest BCUT2D eigenvalue weighted by Crippen LogP contribution is -2.52. The lowest BCUT2D eigenvalue weighted by atomic mass is 10.0. The fourth-order valence-corrected chi connectivity index (χ4v) is 4.07. The third-order valence-corrected chi connectivity index (χ3v) is 6.22. The third-order valence-electron chi connectivity index (χ3n) is 6.22. The first-order valence-electron chi connectivity index (χ1n) is 11.3. The number of carbonyl (C=O) groups is 1. The number of hydrogen-bond donors (Lipinski definition) is 1. The number of nitrogens with one attached hydrogen (secondary N) is 1. The lowest BCUT2D eigenvalue weighted by Gasteiger charge is -2.37. The largest absolute Gasteiger partial charge is 0.348 e. The van der Waals surface area contributed by atoms with Crippen LogP contribution in [-0.4, -0.2) is 59.4 Å². The van der Waals surface area contributed by atoms with Gasteiger partial charge >= 0.3 is 0 Å². The Bertz CT molecular complexity index is 935. The van der Waals surface area contributed by atoms with E-state index >= 15 is 0 Å². The van der Waals surface area contributed by atoms with Gasteiger partial charge in [-0.05, 0) is 43.5 Å². The van der Waals surface area contributed by atoms with Crippen molar-refractivity contribution in [2.75, 3.05) is 32.7 Å². The summed E-state index contributed by atoms with van der Waals surface area (Å²) in [7, 11) is 0. The first-order valence-corrected chi connectivity index (χ1v) is 11.3. The van der Waals surface area contributed by atoms with E-state index in [0.717, 1.165) is 50.4 Å². The van der Waals surface area contributed by atoms with Crippen LogP contribution in [0.25, 0.3) is 0 Å². The molecule has 0 saturated carbocycles. The highest BCUT2D eigenvalue weighted by molar-refractivity contribution is 5.94. The van der Waals surface area contributed by atoms with Crippen LogP contribution < -0.4 is 5.32 Å². The van der Waals surface area contributed by atoms with Crippen LogP contribution in [-0.2, 0) is 6.54 Å². The topological polar surface area (TPSA) is 78.7 Å². The van der Waals surface area contributed by atoms with Gasteiger partial charge in [0.2, 0.25) is 0 Å². The van der Waals surface area contributed by atoms with E-state index in [4.69, 9.17) is 0 Å². The van der Waals surface area contributed by atoms with Gasteiger partial charge in [-0.1, -0.05) is 37.6 Å². The number of benzene rings is 2. The number of rotatable bonds is 8. The number of hydrogen-bond acceptors (Lipinski definition) is 5. The summed E-state index contributed by atoms with van der Waals surface area (Å²) in [6, 6.07) is 13.1. The minimum absolute atomic E-state index is 0.0177. The zero-order chi connectivity index (χ0) is 23.3. The number of piperazine rings is 1. The summed E-state index contributed by atoms with van der Waals surface area (Å²) in [4.78, 5) is 28.2. The second-order valence-electron chi connectivity index (χ2n) is 9.14. The maximum absolute atomic E-state index is 12.7. The highest BCUT2D eigenvalue weighted by Crippen LogP contribution is 2.20. The number of nitro groups is 1. The first kappa shape index (κ1) is 23.9. The molecule has 172 valence electrons. The van der Waals surface area contributed by atoms with Crippen LogP contribution in [0.5, 0.6) is 0 Å². The quantitative estimate of drug-likeness (QED) is 0.501. The van der Waals surface area contributed by atoms with Crippen molar-refractivity contribution >= 4 is 11.6 Å². The highest BCUT2D eigenvalue weighted by atomic mass is 16.6. The van der Waals surface area contributed by atoms with E-state index in [0.29, 0.717) is 17.0 Å². The maximum atomic E-state index is 12.7. The van der Waals surface area contributed by atoms with Gasteiger partial charge in [-0.15, -0.1) is 0 Å². The second-order valence-corrected chi connectivity index (χ2v) is 9.14. The smallest absolute Gasteiger partial charge is 0.272 e. The molecule has 1 aliphatic rings. The van der Waals surface area contributed by atoms with Crippen molar-refractivity contribution in [3.8, 4) is 0 Å². The Labute approximate surface area is 190 Å². The predicted octanol–water partition coefficient (Wildman–Crippen LogP) is 3.78. The molecule has 1 saturated heterocycles. The van der Waals surface area contributed by atoms with Crippen LogP contribution in [0.3, 0.4) is 0 Å². The Hall–Kier alpha value is -2.77. The van der Waals surface area contributed by atoms with Gasteiger partial charge in [-0.2, -0.15) is 0 Å². The molecule has 32 heavy (non-hydrogen) atoms. The molecule has 2 aromatic carbocycles. The minimum atomic E-state index is -0.333. The van der Waals surface area contributed by atoms with Gasteiger partial charge in [-0.3, -0.25) is 24.7 Å². The van der Waals surface area contributed by atoms with Crippen molar-refractivity contribution < 1.29 is 9.72 Å². The molecule has 1 N–H and O–H groups in total. The molecule has 0 bridgehead atoms. The van der Waals surface area contributed by atoms with Crippen molar-refractivity contribution in [2.24, 2.45) is 5.92 Å². The molecule has 0 radical (unpaired) electrons. The first-order chi connectivity index (χ1) is 15.2. The van der Waals surface area contributed by atoms with Gasteiger partial charge in [0.05, 0.1) is 4.92 Å². The molecule has 1 fully saturated rings. The Morgan fingerprint density at radius 3 is 2.22 bits per heavy atom. The molecule has 1 amide bonds. The van der Waals surface area contributed by atoms with E-state index in [2.05, 4.69) is 29.0 Å². The summed E-state index contributed by atoms with van der Waals surface area (Å²) in [5, 5.41) is 14.2. The summed E-state index contributed by atoms with van der Waals surface area (Å²) in [6.45, 7) is 13.5. The van der Waals surface area contributed by atoms with Crippen molar-refractivity contribution in [2.45, 2.75) is 40.3 Å². The molecule has 2 aromatic rings. The summed E-state index contributed by atoms with van der Waals surface area (Å²) in [5.41, 5.74) is 3.82. The summed E-state index contributed by atoms with van der Waals surface area (Å²) in [6.07, 6.45) is 0. The third kappa shape index (κ3) is 6.37. The van der Waals surface area contributed by atoms with E-state index in [1.165, 1.54) is 0 Å². The van der Waals surface area contributed by atoms with Crippen molar-refractivity contribution in [3.63, 3.8) is 0 Å². The Morgan fingerprint density at radius 2 is 1.66 bits per heavy atom. The van der Waals surface area contributed by atoms with Gasteiger partial charge in [0.25, 0.3) is 11.6 Å². The molecule has 1 unspecified atom stereocenters. The van der Waals surface area contributed by atoms with Crippen LogP contribution in [0.1, 0.15) is 40.9 Å². The fraction of sp³-hybridized carbons (Fsp3) is 0.480. The van der Waals surface area contributed by atoms with E-state index in [1.54, 1.807) is 13.0 Å². The molecule has 3 rings (SSSR count). The van der Waals surface area contributed by atoms with Crippen LogP contribution >= 0.6 is 0 Å². The van der Waals surface area contributed by atoms with Crippen molar-refractivity contribution in [1.29, 1.82) is 0 Å². The van der Waals surface area contributed by atoms with Crippen LogP contribution in [0.4, 0.5) is 5.69 Å². The monoisotopic (exact) mass is 438 g/mol. The molecule has 0 aliphatic carbocycles. The number of nitrogens with zero attached hydrogens (tertiary/aromatic N) is 3. The van der Waals surface area contributed by atoms with E-state index in [-0.39, 0.29) is 22.6 Å². The zero-order valence-corrected chi connectivity index (χ0v) is 19.5. The zero-order valence-electron chi connectivity index (χ0n) is 19.5. The Balaban J connectivity index is 1.51. The molecule has 1 atom stereocenters. The van der Waals surface area contributed by atoms with Crippen molar-refractivity contribution in [1.82, 2.24) is 15.1 Å². The van der Waals surface area contributed by atoms with Gasteiger partial charge < -0.3 is 5.32 Å². The van der Waals surface area contributed by atoms with E-state index in [1.807, 2.05) is 43.3 Å². The molecule has 1 heterocycles. The second kappa shape index (κ2) is 10.7. The fourth-order valence-electron chi connectivity index (χ4n) is 4.07. The van der Waals surface area contributed by atoms with Gasteiger partial charge in [-0.25, -0.2) is 0 Å². The van der Waals surface area contributed by atoms with Crippen LogP contribution in [0.15, 0.2) is 42.5 Å². The van der Waals surface area contributed by atoms with Crippen LogP contribution in [0.2, 0.25) is 0 Å². The summed E-state index contributed by atoms with van der Waals surface area (Å²) >= 11 is 0. The predicted molar refractivity (Wildman–Crippen MR) is 127 cm³/mol. The molecular formula is C25H34N4O3. The molecular weight excluding hydrogens is 404 g/mol. The van der Waals surface area contributed by atoms with Gasteiger partial charge in [0.1, 0.15) is 0 Å². The van der Waals surface area contributed by atoms with Crippen molar-refractivity contribution in [3.05, 3.63) is 74.8 Å². The molecule has 0 spiro atoms. The number of aryl methyl sites for hydroxylation is 2. The Kier molecular flexibility index (Phi) is 7.99. The average Bonchev–Trinajstić information content (AvgIpc) is 2.74. The SMILES string of the molecule is Cc1ccc(C(=O)NC(CN2CCN(Cc3ccc([N+](=O)[O-])c(C)c3)CC2)C(C)C)cc1. The molecule has 7 nitrogen and oxygen atoms in total. The number of amides is 1. The van der Waals surface area contributed by atoms with Gasteiger partial charge in [0.15, 0.2) is 0 Å². The molecule has 0 aromatic heterocycles.